The molecular formula is C32H27NO9. The van der Waals surface area contributed by atoms with E-state index >= 15 is 0 Å². The molecule has 3 aromatic carbocycles. The first kappa shape index (κ1) is 26.9. The standard InChI is InChI=1S/C32H27NO9/c1-33-22-13-18(37-2)7-6-16(22)10-21(32(33)36)20-14-28(34)41-23-9-8-19-30(35)27(42-31(19)29(20)23)12-17-11-25(39-4)26(40-5)15-24(17)38-3/h6-13,15,20H,14H2,1-5H3. The van der Waals surface area contributed by atoms with Gasteiger partial charge in [0.15, 0.2) is 17.3 Å². The lowest BCUT2D eigenvalue weighted by molar-refractivity contribution is -0.135. The van der Waals surface area contributed by atoms with Crippen molar-refractivity contribution in [2.24, 2.45) is 7.05 Å². The number of nitrogens with zero attached hydrogens (tertiary/aromatic N) is 1. The van der Waals surface area contributed by atoms with Crippen molar-refractivity contribution in [3.8, 4) is 34.5 Å². The van der Waals surface area contributed by atoms with Crippen molar-refractivity contribution in [2.75, 3.05) is 28.4 Å². The molecule has 4 aromatic rings. The fourth-order valence-corrected chi connectivity index (χ4v) is 5.52. The molecule has 1 unspecified atom stereocenters. The second-order valence-electron chi connectivity index (χ2n) is 9.86. The first-order valence-electron chi connectivity index (χ1n) is 13.1. The van der Waals surface area contributed by atoms with Gasteiger partial charge in [0.25, 0.3) is 5.56 Å². The van der Waals surface area contributed by atoms with Crippen LogP contribution in [-0.2, 0) is 11.8 Å². The maximum atomic E-state index is 13.7. The van der Waals surface area contributed by atoms with Crippen molar-refractivity contribution in [3.63, 3.8) is 0 Å². The Labute approximate surface area is 240 Å². The zero-order valence-electron chi connectivity index (χ0n) is 23.6. The molecule has 0 radical (unpaired) electrons. The predicted molar refractivity (Wildman–Crippen MR) is 153 cm³/mol. The van der Waals surface area contributed by atoms with Crippen LogP contribution in [0.25, 0.3) is 17.0 Å². The summed E-state index contributed by atoms with van der Waals surface area (Å²) in [4.78, 5) is 39.9. The Morgan fingerprint density at radius 2 is 1.57 bits per heavy atom. The summed E-state index contributed by atoms with van der Waals surface area (Å²) in [6.07, 6.45) is 1.46. The Morgan fingerprint density at radius 3 is 2.29 bits per heavy atom. The van der Waals surface area contributed by atoms with Crippen LogP contribution in [0.1, 0.15) is 39.4 Å². The van der Waals surface area contributed by atoms with Gasteiger partial charge in [0.1, 0.15) is 23.0 Å². The Bertz CT molecular complexity index is 1890. The lowest BCUT2D eigenvalue weighted by Gasteiger charge is -2.26. The number of aromatic nitrogens is 1. The topological polar surface area (TPSA) is 112 Å². The van der Waals surface area contributed by atoms with Gasteiger partial charge < -0.3 is 33.0 Å². The molecule has 10 heteroatoms. The number of benzene rings is 3. The summed E-state index contributed by atoms with van der Waals surface area (Å²) in [5, 5.41) is 0.791. The number of allylic oxidation sites excluding steroid dienone is 1. The van der Waals surface area contributed by atoms with E-state index in [0.717, 1.165) is 5.39 Å². The molecule has 0 saturated carbocycles. The average Bonchev–Trinajstić information content (AvgIpc) is 3.32. The van der Waals surface area contributed by atoms with Crippen LogP contribution < -0.4 is 34.0 Å². The number of ketones is 1. The largest absolute Gasteiger partial charge is 0.497 e. The highest BCUT2D eigenvalue weighted by molar-refractivity contribution is 6.15. The maximum Gasteiger partial charge on any atom is 0.312 e. The molecule has 0 bridgehead atoms. The van der Waals surface area contributed by atoms with Gasteiger partial charge in [-0.2, -0.15) is 0 Å². The van der Waals surface area contributed by atoms with Crippen LogP contribution in [-0.4, -0.2) is 44.8 Å². The molecule has 2 aliphatic rings. The molecule has 214 valence electrons. The van der Waals surface area contributed by atoms with E-state index < -0.39 is 11.9 Å². The van der Waals surface area contributed by atoms with Crippen molar-refractivity contribution in [2.45, 2.75) is 12.3 Å². The Hall–Kier alpha value is -5.25. The third kappa shape index (κ3) is 4.23. The molecule has 1 atom stereocenters. The van der Waals surface area contributed by atoms with Crippen molar-refractivity contribution >= 4 is 28.7 Å². The van der Waals surface area contributed by atoms with Gasteiger partial charge in [0, 0.05) is 41.8 Å². The van der Waals surface area contributed by atoms with Gasteiger partial charge in [0.05, 0.1) is 45.9 Å². The maximum absolute atomic E-state index is 13.7. The fourth-order valence-electron chi connectivity index (χ4n) is 5.52. The fraction of sp³-hybridized carbons (Fsp3) is 0.219. The summed E-state index contributed by atoms with van der Waals surface area (Å²) in [7, 11) is 7.76. The molecule has 0 saturated heterocycles. The van der Waals surface area contributed by atoms with Gasteiger partial charge in [-0.25, -0.2) is 0 Å². The number of ether oxygens (including phenoxy) is 6. The van der Waals surface area contributed by atoms with Crippen LogP contribution in [0.4, 0.5) is 0 Å². The zero-order chi connectivity index (χ0) is 29.7. The van der Waals surface area contributed by atoms with E-state index in [1.54, 1.807) is 62.7 Å². The SMILES string of the molecule is COc1ccc2cc(C3CC(=O)Oc4ccc5c(c43)OC(=Cc3cc(OC)c(OC)cc3OC)C5=O)c(=O)n(C)c2c1. The number of hydrogen-bond donors (Lipinski definition) is 0. The van der Waals surface area contributed by atoms with E-state index in [4.69, 9.17) is 28.4 Å². The number of rotatable bonds is 6. The van der Waals surface area contributed by atoms with E-state index in [9.17, 15) is 14.4 Å². The first-order chi connectivity index (χ1) is 20.3. The molecule has 0 N–H and O–H groups in total. The van der Waals surface area contributed by atoms with Crippen LogP contribution >= 0.6 is 0 Å². The Balaban J connectivity index is 1.49. The highest BCUT2D eigenvalue weighted by Gasteiger charge is 2.39. The van der Waals surface area contributed by atoms with Gasteiger partial charge in [-0.05, 0) is 47.9 Å². The lowest BCUT2D eigenvalue weighted by atomic mass is 9.84. The van der Waals surface area contributed by atoms with Gasteiger partial charge in [-0.1, -0.05) is 0 Å². The molecule has 6 rings (SSSR count). The van der Waals surface area contributed by atoms with E-state index in [1.807, 2.05) is 6.07 Å². The smallest absolute Gasteiger partial charge is 0.312 e. The van der Waals surface area contributed by atoms with Crippen molar-refractivity contribution < 1.29 is 38.0 Å². The average molecular weight is 570 g/mol. The van der Waals surface area contributed by atoms with E-state index in [0.29, 0.717) is 50.8 Å². The summed E-state index contributed by atoms with van der Waals surface area (Å²) in [5.74, 6) is 0.946. The summed E-state index contributed by atoms with van der Waals surface area (Å²) in [6, 6.07) is 13.7. The van der Waals surface area contributed by atoms with E-state index in [2.05, 4.69) is 0 Å². The number of fused-ring (bicyclic) bond motifs is 4. The molecule has 0 amide bonds. The quantitative estimate of drug-likeness (QED) is 0.186. The second kappa shape index (κ2) is 10.3. The number of esters is 1. The minimum Gasteiger partial charge on any atom is -0.497 e. The number of methoxy groups -OCH3 is 4. The Morgan fingerprint density at radius 1 is 0.833 bits per heavy atom. The molecule has 0 aliphatic carbocycles. The van der Waals surface area contributed by atoms with Crippen molar-refractivity contribution in [3.05, 3.63) is 86.9 Å². The number of hydrogen-bond acceptors (Lipinski definition) is 9. The van der Waals surface area contributed by atoms with Crippen LogP contribution in [0.15, 0.2) is 59.1 Å². The van der Waals surface area contributed by atoms with Crippen LogP contribution in [0.5, 0.6) is 34.5 Å². The summed E-state index contributed by atoms with van der Waals surface area (Å²) in [5.41, 5.74) is 2.07. The number of pyridine rings is 1. The molecule has 3 heterocycles. The van der Waals surface area contributed by atoms with Crippen LogP contribution in [0.3, 0.4) is 0 Å². The van der Waals surface area contributed by atoms with Gasteiger partial charge in [-0.3, -0.25) is 14.4 Å². The molecule has 1 aromatic heterocycles. The molecule has 0 spiro atoms. The molecule has 10 nitrogen and oxygen atoms in total. The van der Waals surface area contributed by atoms with Gasteiger partial charge in [0.2, 0.25) is 5.78 Å². The van der Waals surface area contributed by atoms with Crippen molar-refractivity contribution in [1.82, 2.24) is 4.57 Å². The van der Waals surface area contributed by atoms with Crippen molar-refractivity contribution in [1.29, 1.82) is 0 Å². The van der Waals surface area contributed by atoms with Crippen LogP contribution in [0.2, 0.25) is 0 Å². The number of Topliss-reactive ketones (excluding diaryl/α,β-unsaturated/α-hetero) is 1. The summed E-state index contributed by atoms with van der Waals surface area (Å²) >= 11 is 0. The van der Waals surface area contributed by atoms with E-state index in [1.165, 1.54) is 25.9 Å². The van der Waals surface area contributed by atoms with E-state index in [-0.39, 0.29) is 35.0 Å². The van der Waals surface area contributed by atoms with Gasteiger partial charge in [-0.15, -0.1) is 0 Å². The second-order valence-corrected chi connectivity index (χ2v) is 9.86. The molecule has 2 aliphatic heterocycles. The summed E-state index contributed by atoms with van der Waals surface area (Å²) < 4.78 is 34.9. The molecule has 42 heavy (non-hydrogen) atoms. The number of carbonyl (C=O) groups is 2. The molecule has 0 fully saturated rings. The minimum atomic E-state index is -0.704. The normalized spacial score (nSPS) is 16.5. The summed E-state index contributed by atoms with van der Waals surface area (Å²) in [6.45, 7) is 0. The Kier molecular flexibility index (Phi) is 6.61. The monoisotopic (exact) mass is 569 g/mol. The predicted octanol–water partition coefficient (Wildman–Crippen LogP) is 4.63. The highest BCUT2D eigenvalue weighted by atomic mass is 16.5. The third-order valence-electron chi connectivity index (χ3n) is 7.64. The first-order valence-corrected chi connectivity index (χ1v) is 13.1. The lowest BCUT2D eigenvalue weighted by Crippen LogP contribution is -2.29. The number of carbonyl (C=O) groups excluding carboxylic acids is 2. The van der Waals surface area contributed by atoms with Crippen LogP contribution in [0, 0.1) is 0 Å². The highest BCUT2D eigenvalue weighted by Crippen LogP contribution is 2.49. The van der Waals surface area contributed by atoms with Gasteiger partial charge >= 0.3 is 5.97 Å². The molecular weight excluding hydrogens is 542 g/mol. The zero-order valence-corrected chi connectivity index (χ0v) is 23.6. The number of aryl methyl sites for hydroxylation is 1. The third-order valence-corrected chi connectivity index (χ3v) is 7.64. The minimum absolute atomic E-state index is 0.0399.